The summed E-state index contributed by atoms with van der Waals surface area (Å²) in [5, 5.41) is 5.84. The minimum atomic E-state index is -0.467. The van der Waals surface area contributed by atoms with E-state index in [1.807, 2.05) is 6.92 Å². The molecule has 0 saturated carbocycles. The first-order valence-electron chi connectivity index (χ1n) is 7.24. The normalized spacial score (nSPS) is 23.8. The van der Waals surface area contributed by atoms with Crippen LogP contribution in [0.2, 0.25) is 0 Å². The molecule has 0 bridgehead atoms. The minimum absolute atomic E-state index is 0.148. The van der Waals surface area contributed by atoms with Crippen LogP contribution in [0, 0.1) is 0 Å². The van der Waals surface area contributed by atoms with Gasteiger partial charge in [0.15, 0.2) is 0 Å². The van der Waals surface area contributed by atoms with Gasteiger partial charge in [-0.05, 0) is 19.4 Å². The molecule has 20 heavy (non-hydrogen) atoms. The van der Waals surface area contributed by atoms with E-state index in [4.69, 9.17) is 0 Å². The van der Waals surface area contributed by atoms with Gasteiger partial charge in [-0.3, -0.25) is 14.5 Å². The van der Waals surface area contributed by atoms with E-state index in [1.165, 1.54) is 0 Å². The standard InChI is InChI=1S/C13H22N4O3/c1-2-4-10-12(19)17(13(20)15-10)9-11(18)16-7-3-5-14-6-8-16/h10,14H,2-9H2,1H3,(H,15,20). The van der Waals surface area contributed by atoms with Crippen molar-refractivity contribution in [2.75, 3.05) is 32.7 Å². The van der Waals surface area contributed by atoms with Crippen LogP contribution in [0.4, 0.5) is 4.79 Å². The number of hydrogen-bond donors (Lipinski definition) is 2. The number of urea groups is 1. The number of carbonyl (C=O) groups is 3. The fraction of sp³-hybridized carbons (Fsp3) is 0.769. The second-order valence-corrected chi connectivity index (χ2v) is 5.20. The lowest BCUT2D eigenvalue weighted by Gasteiger charge is -2.22. The summed E-state index contributed by atoms with van der Waals surface area (Å²) in [6.45, 7) is 4.76. The van der Waals surface area contributed by atoms with E-state index >= 15 is 0 Å². The number of nitrogens with zero attached hydrogens (tertiary/aromatic N) is 2. The maximum atomic E-state index is 12.2. The lowest BCUT2D eigenvalue weighted by atomic mass is 10.2. The summed E-state index contributed by atoms with van der Waals surface area (Å²) in [4.78, 5) is 38.8. The highest BCUT2D eigenvalue weighted by Gasteiger charge is 2.38. The first-order valence-corrected chi connectivity index (χ1v) is 7.24. The van der Waals surface area contributed by atoms with Crippen LogP contribution in [0.25, 0.3) is 0 Å². The second kappa shape index (κ2) is 6.69. The SMILES string of the molecule is CCCC1NC(=O)N(CC(=O)N2CCCNCC2)C1=O. The van der Waals surface area contributed by atoms with Crippen molar-refractivity contribution in [1.82, 2.24) is 20.4 Å². The van der Waals surface area contributed by atoms with E-state index in [2.05, 4.69) is 10.6 Å². The topological polar surface area (TPSA) is 81.8 Å². The summed E-state index contributed by atoms with van der Waals surface area (Å²) in [5.74, 6) is -0.438. The van der Waals surface area contributed by atoms with E-state index < -0.39 is 12.1 Å². The molecule has 1 atom stereocenters. The average molecular weight is 282 g/mol. The Bertz CT molecular complexity index is 391. The van der Waals surface area contributed by atoms with Crippen molar-refractivity contribution in [3.8, 4) is 0 Å². The van der Waals surface area contributed by atoms with Gasteiger partial charge in [-0.2, -0.15) is 0 Å². The van der Waals surface area contributed by atoms with Gasteiger partial charge in [0.1, 0.15) is 12.6 Å². The molecule has 0 radical (unpaired) electrons. The molecule has 112 valence electrons. The van der Waals surface area contributed by atoms with Crippen molar-refractivity contribution in [3.63, 3.8) is 0 Å². The molecule has 0 aromatic heterocycles. The molecule has 2 aliphatic heterocycles. The number of hydrogen-bond acceptors (Lipinski definition) is 4. The Kier molecular flexibility index (Phi) is 4.94. The predicted molar refractivity (Wildman–Crippen MR) is 73.0 cm³/mol. The number of imide groups is 1. The number of rotatable bonds is 4. The average Bonchev–Trinajstić information content (AvgIpc) is 2.67. The highest BCUT2D eigenvalue weighted by atomic mass is 16.2. The Labute approximate surface area is 118 Å². The third-order valence-electron chi connectivity index (χ3n) is 3.67. The minimum Gasteiger partial charge on any atom is -0.340 e. The molecule has 2 N–H and O–H groups in total. The number of amides is 4. The van der Waals surface area contributed by atoms with Gasteiger partial charge in [-0.25, -0.2) is 4.79 Å². The summed E-state index contributed by atoms with van der Waals surface area (Å²) < 4.78 is 0. The van der Waals surface area contributed by atoms with Gasteiger partial charge < -0.3 is 15.5 Å². The Morgan fingerprint density at radius 3 is 2.85 bits per heavy atom. The molecule has 2 heterocycles. The first-order chi connectivity index (χ1) is 9.63. The fourth-order valence-electron chi connectivity index (χ4n) is 2.54. The molecule has 1 unspecified atom stereocenters. The predicted octanol–water partition coefficient (Wildman–Crippen LogP) is -0.471. The molecule has 2 fully saturated rings. The van der Waals surface area contributed by atoms with Crippen molar-refractivity contribution >= 4 is 17.8 Å². The van der Waals surface area contributed by atoms with Gasteiger partial charge in [-0.15, -0.1) is 0 Å². The fourth-order valence-corrected chi connectivity index (χ4v) is 2.54. The van der Waals surface area contributed by atoms with Crippen LogP contribution in [0.15, 0.2) is 0 Å². The zero-order chi connectivity index (χ0) is 14.5. The van der Waals surface area contributed by atoms with Crippen LogP contribution in [-0.4, -0.2) is 66.4 Å². The van der Waals surface area contributed by atoms with Crippen LogP contribution in [0.5, 0.6) is 0 Å². The van der Waals surface area contributed by atoms with Crippen molar-refractivity contribution in [1.29, 1.82) is 0 Å². The van der Waals surface area contributed by atoms with Crippen molar-refractivity contribution in [2.45, 2.75) is 32.2 Å². The van der Waals surface area contributed by atoms with E-state index in [9.17, 15) is 14.4 Å². The Hall–Kier alpha value is -1.63. The molecule has 2 saturated heterocycles. The largest absolute Gasteiger partial charge is 0.340 e. The highest BCUT2D eigenvalue weighted by Crippen LogP contribution is 2.11. The number of nitrogens with one attached hydrogen (secondary N) is 2. The highest BCUT2D eigenvalue weighted by molar-refractivity contribution is 6.06. The van der Waals surface area contributed by atoms with Gasteiger partial charge in [0.2, 0.25) is 5.91 Å². The molecule has 0 aliphatic carbocycles. The van der Waals surface area contributed by atoms with E-state index in [0.29, 0.717) is 19.5 Å². The van der Waals surface area contributed by atoms with Crippen molar-refractivity contribution in [2.24, 2.45) is 0 Å². The van der Waals surface area contributed by atoms with Gasteiger partial charge in [0.05, 0.1) is 0 Å². The van der Waals surface area contributed by atoms with E-state index in [0.717, 1.165) is 30.8 Å². The van der Waals surface area contributed by atoms with Crippen LogP contribution >= 0.6 is 0 Å². The summed E-state index contributed by atoms with van der Waals surface area (Å²) in [5.41, 5.74) is 0. The molecule has 0 aromatic rings. The molecule has 0 aromatic carbocycles. The van der Waals surface area contributed by atoms with Gasteiger partial charge in [0.25, 0.3) is 5.91 Å². The maximum Gasteiger partial charge on any atom is 0.325 e. The van der Waals surface area contributed by atoms with Crippen molar-refractivity contribution in [3.05, 3.63) is 0 Å². The van der Waals surface area contributed by atoms with Gasteiger partial charge >= 0.3 is 6.03 Å². The summed E-state index contributed by atoms with van der Waals surface area (Å²) in [7, 11) is 0. The van der Waals surface area contributed by atoms with E-state index in [1.54, 1.807) is 4.90 Å². The second-order valence-electron chi connectivity index (χ2n) is 5.20. The zero-order valence-corrected chi connectivity index (χ0v) is 11.9. The molecule has 2 rings (SSSR count). The lowest BCUT2D eigenvalue weighted by Crippen LogP contribution is -2.44. The van der Waals surface area contributed by atoms with Gasteiger partial charge in [-0.1, -0.05) is 13.3 Å². The van der Waals surface area contributed by atoms with Gasteiger partial charge in [0, 0.05) is 19.6 Å². The molecular formula is C13H22N4O3. The summed E-state index contributed by atoms with van der Waals surface area (Å²) in [6.07, 6.45) is 2.32. The molecule has 7 heteroatoms. The molecule has 2 aliphatic rings. The van der Waals surface area contributed by atoms with E-state index in [-0.39, 0.29) is 18.4 Å². The Morgan fingerprint density at radius 2 is 2.10 bits per heavy atom. The van der Waals surface area contributed by atoms with Crippen molar-refractivity contribution < 1.29 is 14.4 Å². The first kappa shape index (κ1) is 14.8. The third kappa shape index (κ3) is 3.27. The molecular weight excluding hydrogens is 260 g/mol. The maximum absolute atomic E-state index is 12.2. The Balaban J connectivity index is 1.93. The van der Waals surface area contributed by atoms with Crippen LogP contribution in [-0.2, 0) is 9.59 Å². The van der Waals surface area contributed by atoms with Crippen LogP contribution < -0.4 is 10.6 Å². The quantitative estimate of drug-likeness (QED) is 0.683. The Morgan fingerprint density at radius 1 is 1.30 bits per heavy atom. The molecule has 0 spiro atoms. The summed E-state index contributed by atoms with van der Waals surface area (Å²) in [6, 6.07) is -0.916. The van der Waals surface area contributed by atoms with Crippen LogP contribution in [0.3, 0.4) is 0 Å². The molecule has 7 nitrogen and oxygen atoms in total. The van der Waals surface area contributed by atoms with Crippen LogP contribution in [0.1, 0.15) is 26.2 Å². The molecule has 4 amide bonds. The smallest absolute Gasteiger partial charge is 0.325 e. The number of carbonyl (C=O) groups excluding carboxylic acids is 3. The monoisotopic (exact) mass is 282 g/mol. The summed E-state index contributed by atoms with van der Waals surface area (Å²) >= 11 is 0. The lowest BCUT2D eigenvalue weighted by molar-refractivity contribution is -0.137. The zero-order valence-electron chi connectivity index (χ0n) is 11.9. The third-order valence-corrected chi connectivity index (χ3v) is 3.67.